The molecule has 84 valence electrons. The van der Waals surface area contributed by atoms with E-state index in [9.17, 15) is 5.11 Å². The van der Waals surface area contributed by atoms with Gasteiger partial charge in [-0.25, -0.2) is 0 Å². The molecule has 0 fully saturated rings. The molecular weight excluding hydrogens is 220 g/mol. The van der Waals surface area contributed by atoms with Crippen LogP contribution in [0, 0.1) is 6.92 Å². The Labute approximate surface area is 99.9 Å². The van der Waals surface area contributed by atoms with Crippen LogP contribution in [0.3, 0.4) is 0 Å². The lowest BCUT2D eigenvalue weighted by molar-refractivity contribution is 0.469. The minimum atomic E-state index is 0.0273. The first kappa shape index (κ1) is 11.1. The Kier molecular flexibility index (Phi) is 2.92. The van der Waals surface area contributed by atoms with Gasteiger partial charge in [-0.2, -0.15) is 17.7 Å². The van der Waals surface area contributed by atoms with E-state index in [-0.39, 0.29) is 11.0 Å². The summed E-state index contributed by atoms with van der Waals surface area (Å²) in [6.45, 7) is 3.86. The molecule has 1 unspecified atom stereocenters. The summed E-state index contributed by atoms with van der Waals surface area (Å²) in [6.07, 6.45) is 1.83. The number of nitrogens with zero attached hydrogens (tertiary/aromatic N) is 1. The normalized spacial score (nSPS) is 12.7. The number of thiol groups is 1. The minimum Gasteiger partial charge on any atom is -0.508 e. The van der Waals surface area contributed by atoms with E-state index in [2.05, 4.69) is 22.8 Å². The predicted octanol–water partition coefficient (Wildman–Crippen LogP) is 3.08. The topological polar surface area (TPSA) is 48.9 Å². The zero-order chi connectivity index (χ0) is 11.7. The van der Waals surface area contributed by atoms with E-state index in [0.29, 0.717) is 0 Å². The zero-order valence-electron chi connectivity index (χ0n) is 9.23. The van der Waals surface area contributed by atoms with Crippen molar-refractivity contribution in [3.05, 3.63) is 35.7 Å². The van der Waals surface area contributed by atoms with Crippen LogP contribution in [-0.2, 0) is 0 Å². The number of rotatable bonds is 2. The van der Waals surface area contributed by atoms with Crippen LogP contribution in [0.25, 0.3) is 11.1 Å². The molecule has 0 spiro atoms. The van der Waals surface area contributed by atoms with Crippen molar-refractivity contribution in [2.45, 2.75) is 19.1 Å². The van der Waals surface area contributed by atoms with Gasteiger partial charge in [0, 0.05) is 22.6 Å². The summed E-state index contributed by atoms with van der Waals surface area (Å²) in [6, 6.07) is 5.62. The van der Waals surface area contributed by atoms with Gasteiger partial charge in [-0.05, 0) is 25.5 Å². The fourth-order valence-corrected chi connectivity index (χ4v) is 1.93. The van der Waals surface area contributed by atoms with Crippen LogP contribution < -0.4 is 0 Å². The predicted molar refractivity (Wildman–Crippen MR) is 67.8 cm³/mol. The summed E-state index contributed by atoms with van der Waals surface area (Å²) < 4.78 is 0. The molecule has 4 heteroatoms. The van der Waals surface area contributed by atoms with Gasteiger partial charge in [0.05, 0.1) is 5.69 Å². The molecule has 0 aliphatic carbocycles. The number of benzene rings is 1. The van der Waals surface area contributed by atoms with Crippen molar-refractivity contribution in [1.82, 2.24) is 10.2 Å². The molecule has 0 radical (unpaired) electrons. The van der Waals surface area contributed by atoms with Crippen molar-refractivity contribution < 1.29 is 5.11 Å². The number of phenolic OH excluding ortho intramolecular Hbond substituents is 1. The second-order valence-corrected chi connectivity index (χ2v) is 4.61. The third kappa shape index (κ3) is 1.93. The molecule has 1 aromatic heterocycles. The number of phenols is 1. The number of aryl methyl sites for hydroxylation is 1. The summed E-state index contributed by atoms with van der Waals surface area (Å²) in [5.41, 5.74) is 3.73. The zero-order valence-corrected chi connectivity index (χ0v) is 10.1. The summed E-state index contributed by atoms with van der Waals surface area (Å²) in [5.74, 6) is 0.278. The molecule has 0 saturated carbocycles. The average molecular weight is 234 g/mol. The first-order valence-electron chi connectivity index (χ1n) is 5.11. The molecule has 2 rings (SSSR count). The maximum absolute atomic E-state index is 9.87. The minimum absolute atomic E-state index is 0.0273. The molecule has 2 N–H and O–H groups in total. The lowest BCUT2D eigenvalue weighted by Gasteiger charge is -2.09. The molecule has 0 aliphatic rings. The Morgan fingerprint density at radius 1 is 1.44 bits per heavy atom. The van der Waals surface area contributed by atoms with E-state index in [0.717, 1.165) is 22.4 Å². The number of aromatic nitrogens is 2. The van der Waals surface area contributed by atoms with E-state index >= 15 is 0 Å². The Morgan fingerprint density at radius 3 is 2.69 bits per heavy atom. The Morgan fingerprint density at radius 2 is 2.19 bits per heavy atom. The number of H-pyrrole nitrogens is 1. The van der Waals surface area contributed by atoms with Gasteiger partial charge < -0.3 is 5.11 Å². The largest absolute Gasteiger partial charge is 0.508 e. The summed E-state index contributed by atoms with van der Waals surface area (Å²) in [4.78, 5) is 0. The second-order valence-electron chi connectivity index (χ2n) is 3.83. The van der Waals surface area contributed by atoms with Crippen LogP contribution in [0.4, 0.5) is 0 Å². The molecule has 3 nitrogen and oxygen atoms in total. The van der Waals surface area contributed by atoms with Crippen LogP contribution in [0.5, 0.6) is 5.75 Å². The van der Waals surface area contributed by atoms with Crippen LogP contribution in [0.1, 0.15) is 23.4 Å². The summed E-state index contributed by atoms with van der Waals surface area (Å²) >= 11 is 4.31. The van der Waals surface area contributed by atoms with E-state index in [1.165, 1.54) is 0 Å². The van der Waals surface area contributed by atoms with Gasteiger partial charge in [-0.15, -0.1) is 0 Å². The fraction of sp³-hybridized carbons (Fsp3) is 0.250. The molecule has 0 saturated heterocycles. The third-order valence-corrected chi connectivity index (χ3v) is 2.90. The lowest BCUT2D eigenvalue weighted by Crippen LogP contribution is -1.87. The van der Waals surface area contributed by atoms with Gasteiger partial charge in [-0.1, -0.05) is 12.1 Å². The van der Waals surface area contributed by atoms with E-state index in [1.54, 1.807) is 6.07 Å². The van der Waals surface area contributed by atoms with Crippen LogP contribution in [0.2, 0.25) is 0 Å². The number of aromatic hydroxyl groups is 1. The van der Waals surface area contributed by atoms with Crippen molar-refractivity contribution in [1.29, 1.82) is 0 Å². The molecule has 0 bridgehead atoms. The van der Waals surface area contributed by atoms with Gasteiger partial charge in [0.15, 0.2) is 0 Å². The molecule has 1 heterocycles. The second kappa shape index (κ2) is 4.22. The van der Waals surface area contributed by atoms with Gasteiger partial charge in [0.2, 0.25) is 0 Å². The van der Waals surface area contributed by atoms with E-state index in [1.807, 2.05) is 32.2 Å². The first-order chi connectivity index (χ1) is 7.59. The van der Waals surface area contributed by atoms with Crippen molar-refractivity contribution in [2.24, 2.45) is 0 Å². The third-order valence-electron chi connectivity index (χ3n) is 2.62. The fourth-order valence-electron chi connectivity index (χ4n) is 1.72. The molecule has 0 aliphatic heterocycles. The van der Waals surface area contributed by atoms with Gasteiger partial charge >= 0.3 is 0 Å². The quantitative estimate of drug-likeness (QED) is 0.699. The average Bonchev–Trinajstić information content (AvgIpc) is 2.63. The monoisotopic (exact) mass is 234 g/mol. The molecule has 16 heavy (non-hydrogen) atoms. The highest BCUT2D eigenvalue weighted by Gasteiger charge is 2.10. The number of hydrogen-bond donors (Lipinski definition) is 3. The molecule has 0 amide bonds. The number of hydrogen-bond acceptors (Lipinski definition) is 3. The van der Waals surface area contributed by atoms with E-state index < -0.39 is 0 Å². The van der Waals surface area contributed by atoms with Crippen molar-refractivity contribution >= 4 is 12.6 Å². The van der Waals surface area contributed by atoms with Crippen LogP contribution >= 0.6 is 12.6 Å². The SMILES string of the molecule is Cc1n[nH]cc1-c1ccc(C(C)S)c(O)c1. The van der Waals surface area contributed by atoms with E-state index in [4.69, 9.17) is 0 Å². The highest BCUT2D eigenvalue weighted by Crippen LogP contribution is 2.32. The van der Waals surface area contributed by atoms with Gasteiger partial charge in [-0.3, -0.25) is 5.10 Å². The molecule has 1 atom stereocenters. The van der Waals surface area contributed by atoms with Crippen LogP contribution in [-0.4, -0.2) is 15.3 Å². The first-order valence-corrected chi connectivity index (χ1v) is 5.63. The number of aromatic amines is 1. The maximum atomic E-state index is 9.87. The molecule has 2 aromatic rings. The maximum Gasteiger partial charge on any atom is 0.120 e. The smallest absolute Gasteiger partial charge is 0.120 e. The van der Waals surface area contributed by atoms with Crippen LogP contribution in [0.15, 0.2) is 24.4 Å². The molecule has 1 aromatic carbocycles. The standard InChI is InChI=1S/C12H14N2OS/c1-7-11(6-13-14-7)9-3-4-10(8(2)16)12(15)5-9/h3-6,8,15-16H,1-2H3,(H,13,14). The van der Waals surface area contributed by atoms with Gasteiger partial charge in [0.1, 0.15) is 5.75 Å². The van der Waals surface area contributed by atoms with Crippen molar-refractivity contribution in [3.8, 4) is 16.9 Å². The van der Waals surface area contributed by atoms with Gasteiger partial charge in [0.25, 0.3) is 0 Å². The van der Waals surface area contributed by atoms with Crippen molar-refractivity contribution in [2.75, 3.05) is 0 Å². The Balaban J connectivity index is 2.46. The summed E-state index contributed by atoms with van der Waals surface area (Å²) in [7, 11) is 0. The van der Waals surface area contributed by atoms with Crippen molar-refractivity contribution in [3.63, 3.8) is 0 Å². The molecular formula is C12H14N2OS. The highest BCUT2D eigenvalue weighted by molar-refractivity contribution is 7.80. The highest BCUT2D eigenvalue weighted by atomic mass is 32.1. The summed E-state index contributed by atoms with van der Waals surface area (Å²) in [5, 5.41) is 16.8. The number of nitrogens with one attached hydrogen (secondary N) is 1. The Bertz CT molecular complexity index is 505. The lowest BCUT2D eigenvalue weighted by atomic mass is 10.0. The Hall–Kier alpha value is -1.42.